The van der Waals surface area contributed by atoms with E-state index in [1.165, 1.54) is 0 Å². The second-order valence-electron chi connectivity index (χ2n) is 5.34. The lowest BCUT2D eigenvalue weighted by Gasteiger charge is -2.28. The van der Waals surface area contributed by atoms with Crippen LogP contribution in [0.3, 0.4) is 0 Å². The molecule has 1 aliphatic carbocycles. The Labute approximate surface area is 124 Å². The summed E-state index contributed by atoms with van der Waals surface area (Å²) in [6.45, 7) is 0.198. The second kappa shape index (κ2) is 7.31. The van der Waals surface area contributed by atoms with Crippen molar-refractivity contribution in [3.8, 4) is 11.5 Å². The van der Waals surface area contributed by atoms with Crippen LogP contribution in [-0.4, -0.2) is 32.1 Å². The highest BCUT2D eigenvalue weighted by atomic mass is 16.7. The highest BCUT2D eigenvalue weighted by Crippen LogP contribution is 2.41. The zero-order valence-electron chi connectivity index (χ0n) is 12.5. The number of benzene rings is 1. The van der Waals surface area contributed by atoms with Crippen molar-refractivity contribution in [3.05, 3.63) is 23.8 Å². The second-order valence-corrected chi connectivity index (χ2v) is 5.34. The average Bonchev–Trinajstić information content (AvgIpc) is 2.53. The maximum absolute atomic E-state index is 11.0. The summed E-state index contributed by atoms with van der Waals surface area (Å²) in [5, 5.41) is 9.09. The van der Waals surface area contributed by atoms with Crippen LogP contribution in [0.1, 0.15) is 37.2 Å². The Hall–Kier alpha value is -1.75. The van der Waals surface area contributed by atoms with Crippen LogP contribution < -0.4 is 9.47 Å². The number of hydrogen-bond donors (Lipinski definition) is 1. The van der Waals surface area contributed by atoms with E-state index in [2.05, 4.69) is 0 Å². The van der Waals surface area contributed by atoms with Gasteiger partial charge >= 0.3 is 5.97 Å². The largest absolute Gasteiger partial charge is 0.497 e. The monoisotopic (exact) mass is 294 g/mol. The fourth-order valence-corrected chi connectivity index (χ4v) is 2.88. The van der Waals surface area contributed by atoms with Gasteiger partial charge in [0.1, 0.15) is 11.5 Å². The van der Waals surface area contributed by atoms with Gasteiger partial charge in [-0.05, 0) is 49.8 Å². The molecule has 0 bridgehead atoms. The number of carboxylic acid groups (broad SMARTS) is 1. The van der Waals surface area contributed by atoms with E-state index < -0.39 is 5.97 Å². The topological polar surface area (TPSA) is 65.0 Å². The molecule has 0 aromatic heterocycles. The molecule has 21 heavy (non-hydrogen) atoms. The zero-order chi connectivity index (χ0) is 15.2. The van der Waals surface area contributed by atoms with E-state index in [4.69, 9.17) is 19.3 Å². The fraction of sp³-hybridized carbons (Fsp3) is 0.562. The maximum Gasteiger partial charge on any atom is 0.306 e. The first-order valence-electron chi connectivity index (χ1n) is 7.18. The van der Waals surface area contributed by atoms with Crippen LogP contribution in [0, 0.1) is 5.92 Å². The van der Waals surface area contributed by atoms with E-state index in [0.717, 1.165) is 29.9 Å². The van der Waals surface area contributed by atoms with Gasteiger partial charge in [-0.3, -0.25) is 4.79 Å². The molecule has 116 valence electrons. The van der Waals surface area contributed by atoms with Gasteiger partial charge in [0.25, 0.3) is 0 Å². The fourth-order valence-electron chi connectivity index (χ4n) is 2.88. The van der Waals surface area contributed by atoms with E-state index >= 15 is 0 Å². The third-order valence-corrected chi connectivity index (χ3v) is 4.07. The Morgan fingerprint density at radius 3 is 2.52 bits per heavy atom. The average molecular weight is 294 g/mol. The van der Waals surface area contributed by atoms with E-state index in [0.29, 0.717) is 18.8 Å². The standard InChI is InChI=1S/C16H22O5/c1-19-10-21-15-8-7-13(20-2)9-14(15)11-3-5-12(6-4-11)16(17)18/h7-9,11-12H,3-6,10H2,1-2H3,(H,17,18). The molecule has 0 aliphatic heterocycles. The Kier molecular flexibility index (Phi) is 5.44. The molecule has 0 radical (unpaired) electrons. The van der Waals surface area contributed by atoms with E-state index in [1.54, 1.807) is 14.2 Å². The van der Waals surface area contributed by atoms with Crippen molar-refractivity contribution in [1.82, 2.24) is 0 Å². The van der Waals surface area contributed by atoms with Crippen molar-refractivity contribution in [2.45, 2.75) is 31.6 Å². The first kappa shape index (κ1) is 15.6. The first-order chi connectivity index (χ1) is 10.2. The molecule has 0 unspecified atom stereocenters. The van der Waals surface area contributed by atoms with E-state index in [9.17, 15) is 4.79 Å². The van der Waals surface area contributed by atoms with Crippen molar-refractivity contribution in [3.63, 3.8) is 0 Å². The molecule has 1 fully saturated rings. The van der Waals surface area contributed by atoms with Crippen LogP contribution in [-0.2, 0) is 9.53 Å². The molecule has 0 spiro atoms. The van der Waals surface area contributed by atoms with E-state index in [-0.39, 0.29) is 12.7 Å². The number of carboxylic acids is 1. The molecule has 0 saturated heterocycles. The van der Waals surface area contributed by atoms with Crippen LogP contribution in [0.4, 0.5) is 0 Å². The van der Waals surface area contributed by atoms with Gasteiger partial charge in [0.05, 0.1) is 13.0 Å². The zero-order valence-corrected chi connectivity index (χ0v) is 12.5. The summed E-state index contributed by atoms with van der Waals surface area (Å²) in [6.07, 6.45) is 3.13. The van der Waals surface area contributed by atoms with Gasteiger partial charge in [-0.2, -0.15) is 0 Å². The summed E-state index contributed by atoms with van der Waals surface area (Å²) in [5.41, 5.74) is 1.08. The highest BCUT2D eigenvalue weighted by Gasteiger charge is 2.28. The summed E-state index contributed by atoms with van der Waals surface area (Å²) in [6, 6.07) is 5.73. The van der Waals surface area contributed by atoms with Crippen LogP contribution in [0.25, 0.3) is 0 Å². The number of carbonyl (C=O) groups is 1. The summed E-state index contributed by atoms with van der Waals surface area (Å²) < 4.78 is 15.9. The minimum absolute atomic E-state index is 0.198. The van der Waals surface area contributed by atoms with Crippen LogP contribution >= 0.6 is 0 Å². The van der Waals surface area contributed by atoms with Gasteiger partial charge in [-0.25, -0.2) is 0 Å². The Bertz CT molecular complexity index is 478. The molecule has 2 rings (SSSR count). The quantitative estimate of drug-likeness (QED) is 0.817. The number of methoxy groups -OCH3 is 2. The van der Waals surface area contributed by atoms with Crippen LogP contribution in [0.5, 0.6) is 11.5 Å². The van der Waals surface area contributed by atoms with Crippen molar-refractivity contribution in [2.75, 3.05) is 21.0 Å². The Morgan fingerprint density at radius 2 is 1.95 bits per heavy atom. The normalized spacial score (nSPS) is 21.8. The maximum atomic E-state index is 11.0. The molecule has 5 heteroatoms. The van der Waals surface area contributed by atoms with Gasteiger partial charge in [0.2, 0.25) is 0 Å². The molecular formula is C16H22O5. The highest BCUT2D eigenvalue weighted by molar-refractivity contribution is 5.70. The third-order valence-electron chi connectivity index (χ3n) is 4.07. The number of hydrogen-bond acceptors (Lipinski definition) is 4. The summed E-state index contributed by atoms with van der Waals surface area (Å²) in [5.74, 6) is 0.985. The lowest BCUT2D eigenvalue weighted by molar-refractivity contribution is -0.142. The molecule has 0 amide bonds. The lowest BCUT2D eigenvalue weighted by atomic mass is 9.78. The molecule has 1 aromatic carbocycles. The molecular weight excluding hydrogens is 272 g/mol. The number of rotatable bonds is 6. The van der Waals surface area contributed by atoms with Gasteiger partial charge in [-0.15, -0.1) is 0 Å². The van der Waals surface area contributed by atoms with Gasteiger partial charge in [0, 0.05) is 12.7 Å². The van der Waals surface area contributed by atoms with Gasteiger partial charge in [0.15, 0.2) is 6.79 Å². The Balaban J connectivity index is 2.15. The lowest BCUT2D eigenvalue weighted by Crippen LogP contribution is -2.21. The van der Waals surface area contributed by atoms with Gasteiger partial charge in [-0.1, -0.05) is 0 Å². The molecule has 1 N–H and O–H groups in total. The van der Waals surface area contributed by atoms with Crippen molar-refractivity contribution in [1.29, 1.82) is 0 Å². The molecule has 1 aromatic rings. The minimum Gasteiger partial charge on any atom is -0.497 e. The Morgan fingerprint density at radius 1 is 1.24 bits per heavy atom. The first-order valence-corrected chi connectivity index (χ1v) is 7.18. The van der Waals surface area contributed by atoms with Crippen molar-refractivity contribution >= 4 is 5.97 Å². The predicted octanol–water partition coefficient (Wildman–Crippen LogP) is 3.04. The molecule has 5 nitrogen and oxygen atoms in total. The third kappa shape index (κ3) is 3.88. The van der Waals surface area contributed by atoms with Crippen LogP contribution in [0.15, 0.2) is 18.2 Å². The molecule has 1 aliphatic rings. The van der Waals surface area contributed by atoms with Crippen molar-refractivity contribution < 1.29 is 24.1 Å². The predicted molar refractivity (Wildman–Crippen MR) is 77.8 cm³/mol. The molecule has 1 saturated carbocycles. The number of aliphatic carboxylic acids is 1. The number of ether oxygens (including phenoxy) is 3. The molecule has 0 heterocycles. The summed E-state index contributed by atoms with van der Waals surface area (Å²) in [4.78, 5) is 11.0. The van der Waals surface area contributed by atoms with Crippen molar-refractivity contribution in [2.24, 2.45) is 5.92 Å². The minimum atomic E-state index is -0.685. The van der Waals surface area contributed by atoms with E-state index in [1.807, 2.05) is 18.2 Å². The van der Waals surface area contributed by atoms with Crippen LogP contribution in [0.2, 0.25) is 0 Å². The molecule has 0 atom stereocenters. The SMILES string of the molecule is COCOc1ccc(OC)cc1C1CCC(C(=O)O)CC1. The van der Waals surface area contributed by atoms with Gasteiger partial charge < -0.3 is 19.3 Å². The summed E-state index contributed by atoms with van der Waals surface area (Å²) >= 11 is 0. The summed E-state index contributed by atoms with van der Waals surface area (Å²) in [7, 11) is 3.22. The smallest absolute Gasteiger partial charge is 0.306 e.